The Morgan fingerprint density at radius 2 is 1.86 bits per heavy atom. The fraction of sp³-hybridized carbons (Fsp3) is 0.414. The van der Waals surface area contributed by atoms with E-state index in [1.165, 1.54) is 24.5 Å². The van der Waals surface area contributed by atoms with Crippen molar-refractivity contribution < 1.29 is 38.1 Å². The zero-order chi connectivity index (χ0) is 30.8. The molecule has 1 aromatic carbocycles. The van der Waals surface area contributed by atoms with Crippen LogP contribution >= 0.6 is 11.6 Å². The van der Waals surface area contributed by atoms with Gasteiger partial charge in [-0.05, 0) is 50.8 Å². The van der Waals surface area contributed by atoms with Gasteiger partial charge in [0.2, 0.25) is 5.88 Å². The van der Waals surface area contributed by atoms with Crippen LogP contribution in [0.2, 0.25) is 5.02 Å². The van der Waals surface area contributed by atoms with Crippen LogP contribution in [-0.2, 0) is 9.47 Å². The minimum absolute atomic E-state index is 0.0445. The van der Waals surface area contributed by atoms with Crippen LogP contribution in [0.1, 0.15) is 26.3 Å². The number of halogens is 2. The van der Waals surface area contributed by atoms with Gasteiger partial charge >= 0.3 is 18.3 Å². The number of fused-ring (bicyclic) bond motifs is 3. The number of carbonyl (C=O) groups excluding carboxylic acids is 2. The van der Waals surface area contributed by atoms with Crippen molar-refractivity contribution in [3.63, 3.8) is 0 Å². The molecule has 12 nitrogen and oxygen atoms in total. The van der Waals surface area contributed by atoms with E-state index in [9.17, 15) is 19.5 Å². The smallest absolute Gasteiger partial charge is 0.413 e. The Bertz CT molecular complexity index is 1670. The molecule has 2 N–H and O–H groups in total. The predicted molar refractivity (Wildman–Crippen MR) is 154 cm³/mol. The molecule has 0 radical (unpaired) electrons. The average molecular weight is 614 g/mol. The second-order valence-electron chi connectivity index (χ2n) is 11.8. The summed E-state index contributed by atoms with van der Waals surface area (Å²) < 4.78 is 32.1. The molecule has 2 aliphatic heterocycles. The second kappa shape index (κ2) is 10.4. The molecule has 2 fully saturated rings. The third kappa shape index (κ3) is 5.33. The number of rotatable bonds is 3. The van der Waals surface area contributed by atoms with E-state index in [0.29, 0.717) is 35.0 Å². The summed E-state index contributed by atoms with van der Waals surface area (Å²) >= 11 is 6.40. The topological polar surface area (TPSA) is 143 Å². The van der Waals surface area contributed by atoms with Crippen LogP contribution < -0.4 is 15.0 Å². The fourth-order valence-electron chi connectivity index (χ4n) is 5.67. The van der Waals surface area contributed by atoms with Crippen molar-refractivity contribution in [2.45, 2.75) is 39.4 Å². The van der Waals surface area contributed by atoms with E-state index in [1.54, 1.807) is 32.6 Å². The minimum atomic E-state index is -1.17. The fourth-order valence-corrected chi connectivity index (χ4v) is 5.93. The van der Waals surface area contributed by atoms with Crippen molar-refractivity contribution in [1.82, 2.24) is 14.9 Å². The molecule has 0 unspecified atom stereocenters. The van der Waals surface area contributed by atoms with Gasteiger partial charge < -0.3 is 24.2 Å². The highest BCUT2D eigenvalue weighted by atomic mass is 35.5. The van der Waals surface area contributed by atoms with E-state index in [1.807, 2.05) is 0 Å². The summed E-state index contributed by atoms with van der Waals surface area (Å²) in [6.07, 6.45) is 0.186. The lowest BCUT2D eigenvalue weighted by atomic mass is 9.97. The lowest BCUT2D eigenvalue weighted by Crippen LogP contribution is -2.38. The number of hydrogen-bond acceptors (Lipinski definition) is 8. The van der Waals surface area contributed by atoms with E-state index >= 15 is 4.39 Å². The molecule has 1 saturated heterocycles. The number of benzene rings is 1. The predicted octanol–water partition coefficient (Wildman–Crippen LogP) is 5.69. The number of anilines is 2. The Kier molecular flexibility index (Phi) is 6.95. The molecule has 3 atom stereocenters. The molecule has 1 saturated carbocycles. The lowest BCUT2D eigenvalue weighted by Gasteiger charge is -2.28. The Hall–Kier alpha value is -4.39. The van der Waals surface area contributed by atoms with Gasteiger partial charge in [-0.15, -0.1) is 0 Å². The third-order valence-corrected chi connectivity index (χ3v) is 8.13. The van der Waals surface area contributed by atoms with Crippen LogP contribution in [0.15, 0.2) is 24.5 Å². The summed E-state index contributed by atoms with van der Waals surface area (Å²) in [6.45, 7) is 8.24. The molecule has 3 amide bonds. The molecule has 0 spiro atoms. The first-order valence-corrected chi connectivity index (χ1v) is 14.1. The molecule has 226 valence electrons. The van der Waals surface area contributed by atoms with E-state index in [-0.39, 0.29) is 65.2 Å². The van der Waals surface area contributed by atoms with Gasteiger partial charge in [0.25, 0.3) is 0 Å². The third-order valence-electron chi connectivity index (χ3n) is 7.76. The van der Waals surface area contributed by atoms with Crippen molar-refractivity contribution in [3.05, 3.63) is 40.9 Å². The van der Waals surface area contributed by atoms with Gasteiger partial charge in [0, 0.05) is 53.8 Å². The Balaban J connectivity index is 1.19. The van der Waals surface area contributed by atoms with Crippen LogP contribution in [0.4, 0.5) is 30.3 Å². The van der Waals surface area contributed by atoms with Crippen LogP contribution in [0, 0.1) is 24.6 Å². The van der Waals surface area contributed by atoms with Crippen LogP contribution in [0.3, 0.4) is 0 Å². The Morgan fingerprint density at radius 1 is 1.14 bits per heavy atom. The average Bonchev–Trinajstić information content (AvgIpc) is 3.35. The van der Waals surface area contributed by atoms with E-state index in [4.69, 9.17) is 25.8 Å². The standard InChI is InChI=1S/C29H29ClFN5O7/c1-13-16(9-33-25-23(13)36(27(38)39)5-6-41-25)15-7-14-8-20(32-10-17(14)21(30)22(15)31)34-26(37)42-24-18-11-35(12-19(18)24)28(40)43-29(2,3)4/h7-10,18-19,24H,5-6,11-12H2,1-4H3,(H,38,39)(H,32,34,37)/t18-,19+,24-. The number of nitrogens with one attached hydrogen (secondary N) is 1. The normalized spacial score (nSPS) is 20.7. The maximum Gasteiger partial charge on any atom is 0.413 e. The number of aromatic nitrogens is 2. The maximum absolute atomic E-state index is 15.5. The Labute approximate surface area is 250 Å². The van der Waals surface area contributed by atoms with Crippen LogP contribution in [0.5, 0.6) is 5.88 Å². The quantitative estimate of drug-likeness (QED) is 0.381. The molecule has 0 bridgehead atoms. The summed E-state index contributed by atoms with van der Waals surface area (Å²) in [6, 6.07) is 3.08. The van der Waals surface area contributed by atoms with E-state index < -0.39 is 23.6 Å². The summed E-state index contributed by atoms with van der Waals surface area (Å²) in [5.74, 6) is -0.321. The maximum atomic E-state index is 15.5. The van der Waals surface area contributed by atoms with Gasteiger partial charge in [-0.1, -0.05) is 11.6 Å². The van der Waals surface area contributed by atoms with Crippen LogP contribution in [0.25, 0.3) is 21.9 Å². The van der Waals surface area contributed by atoms with Gasteiger partial charge in [-0.2, -0.15) is 0 Å². The minimum Gasteiger partial charge on any atom is -0.474 e. The Morgan fingerprint density at radius 3 is 2.53 bits per heavy atom. The van der Waals surface area contributed by atoms with Gasteiger partial charge in [0.15, 0.2) is 0 Å². The van der Waals surface area contributed by atoms with Gasteiger partial charge in [0.1, 0.15) is 35.6 Å². The number of piperidine rings is 1. The summed E-state index contributed by atoms with van der Waals surface area (Å²) in [7, 11) is 0. The monoisotopic (exact) mass is 613 g/mol. The van der Waals surface area contributed by atoms with Crippen LogP contribution in [-0.4, -0.2) is 76.2 Å². The molecule has 6 rings (SSSR count). The zero-order valence-corrected chi connectivity index (χ0v) is 24.6. The summed E-state index contributed by atoms with van der Waals surface area (Å²) in [4.78, 5) is 48.0. The molecule has 2 aromatic heterocycles. The first kappa shape index (κ1) is 28.7. The zero-order valence-electron chi connectivity index (χ0n) is 23.8. The first-order valence-electron chi connectivity index (χ1n) is 13.7. The largest absolute Gasteiger partial charge is 0.474 e. The van der Waals surface area contributed by atoms with Gasteiger partial charge in [-0.3, -0.25) is 10.2 Å². The number of amides is 3. The molecule has 1 aliphatic carbocycles. The van der Waals surface area contributed by atoms with Crippen molar-refractivity contribution >= 4 is 52.2 Å². The molecule has 4 heterocycles. The van der Waals surface area contributed by atoms with Gasteiger partial charge in [-0.25, -0.2) is 28.7 Å². The molecule has 14 heteroatoms. The number of pyridine rings is 2. The number of carboxylic acid groups (broad SMARTS) is 1. The van der Waals surface area contributed by atoms with Crippen molar-refractivity contribution in [3.8, 4) is 17.0 Å². The number of likely N-dealkylation sites (tertiary alicyclic amines) is 1. The number of nitrogens with zero attached hydrogens (tertiary/aromatic N) is 4. The van der Waals surface area contributed by atoms with E-state index in [0.717, 1.165) is 4.90 Å². The lowest BCUT2D eigenvalue weighted by molar-refractivity contribution is 0.0244. The molecular weight excluding hydrogens is 585 g/mol. The molecule has 43 heavy (non-hydrogen) atoms. The molecule has 3 aliphatic rings. The van der Waals surface area contributed by atoms with Crippen molar-refractivity contribution in [1.29, 1.82) is 0 Å². The van der Waals surface area contributed by atoms with Gasteiger partial charge in [0.05, 0.1) is 11.6 Å². The number of hydrogen-bond donors (Lipinski definition) is 2. The highest BCUT2D eigenvalue weighted by Gasteiger charge is 2.60. The first-order chi connectivity index (χ1) is 20.3. The van der Waals surface area contributed by atoms with E-state index in [2.05, 4.69) is 15.3 Å². The SMILES string of the molecule is Cc1c(-c2cc3cc(NC(=O)O[C@@H]4[C@@H]5CN(C(=O)OC(C)(C)C)C[C@@H]54)ncc3c(Cl)c2F)cnc2c1N(C(=O)O)CCO2. The highest BCUT2D eigenvalue weighted by Crippen LogP contribution is 2.48. The summed E-state index contributed by atoms with van der Waals surface area (Å²) in [5, 5.41) is 12.9. The number of carbonyl (C=O) groups is 3. The highest BCUT2D eigenvalue weighted by molar-refractivity contribution is 6.36. The van der Waals surface area contributed by atoms with Crippen molar-refractivity contribution in [2.24, 2.45) is 11.8 Å². The summed E-state index contributed by atoms with van der Waals surface area (Å²) in [5.41, 5.74) is 0.545. The number of ether oxygens (including phenoxy) is 3. The molecule has 3 aromatic rings. The second-order valence-corrected chi connectivity index (χ2v) is 12.2. The van der Waals surface area contributed by atoms with Crippen molar-refractivity contribution in [2.75, 3.05) is 36.5 Å². The molecular formula is C29H29ClFN5O7.